The SMILES string of the molecule is CC(C)[C@@H]1NC(=O)[C@@H](C)Cc2ccc3c(c2)[C@@]2(c4cc(F)ccc4N[C@@H]2O3)c2oc1nc2C(=O)O.CO.COC(=O)c1nc2oc1[C@@]13c4cc(F)ccc4N[C@@H]1Oc1ccc(cc13)C[C@H](C)C(=O)N[C@H]2C(C)C.[Li+].[OH-]. The van der Waals surface area contributed by atoms with Gasteiger partial charge in [0.2, 0.25) is 23.6 Å². The van der Waals surface area contributed by atoms with E-state index in [1.54, 1.807) is 18.2 Å². The van der Waals surface area contributed by atoms with Crippen molar-refractivity contribution in [2.24, 2.45) is 23.7 Å². The van der Waals surface area contributed by atoms with Gasteiger partial charge in [0, 0.05) is 52.6 Å². The first-order chi connectivity index (χ1) is 34.9. The Balaban J connectivity index is 0.000000188. The van der Waals surface area contributed by atoms with Gasteiger partial charge in [-0.1, -0.05) is 65.8 Å². The van der Waals surface area contributed by atoms with Crippen molar-refractivity contribution in [1.29, 1.82) is 0 Å². The van der Waals surface area contributed by atoms with Crippen LogP contribution in [-0.2, 0) is 38.0 Å². The standard InChI is InChI=1S/C27H26FN3O5.C26H24FN3O5.CH4O.Li.H2O/c1-12(2)20-24-31-21(25(33)34-4)22(36-24)27-16-11-15(28)6-7-18(16)29-26(27)35-19-8-5-14(10-17(19)27)9-13(3)23(32)30-20;1-11(2)19-23-30-20(24(32)33)21(35-23)26-15-10-14(27)5-6-17(15)28-25(26)34-18-7-4-13(9-16(18)26)8-12(3)22(31)29-19;1-2;;/h5-8,10-13,20,26,29H,9H2,1-4H3,(H,30,32);4-7,9-12,19,25,28H,8H2,1-3H3,(H,29,31)(H,32,33);2H,1H3;;1H2/q;;;+1;/p-1/t13-,20-,26+,27-;12-,19-,25+,26-;;;/m00.../s1. The summed E-state index contributed by atoms with van der Waals surface area (Å²) in [5.41, 5.74) is 2.70. The number of oxazole rings is 2. The van der Waals surface area contributed by atoms with Crippen LogP contribution in [0.1, 0.15) is 131 Å². The molecule has 7 N–H and O–H groups in total. The normalized spacial score (nSPS) is 24.5. The Hall–Kier alpha value is -7.24. The first-order valence-electron chi connectivity index (χ1n) is 24.1. The van der Waals surface area contributed by atoms with Crippen LogP contribution < -0.4 is 49.6 Å². The third kappa shape index (κ3) is 8.38. The zero-order valence-electron chi connectivity index (χ0n) is 42.6. The van der Waals surface area contributed by atoms with E-state index in [2.05, 4.69) is 31.2 Å². The van der Waals surface area contributed by atoms with Crippen LogP contribution in [0.2, 0.25) is 0 Å². The number of nitrogens with zero attached hydrogens (tertiary/aromatic N) is 2. The number of carbonyl (C=O) groups excluding carboxylic acids is 3. The summed E-state index contributed by atoms with van der Waals surface area (Å²) in [6.07, 6.45) is -0.525. The van der Waals surface area contributed by atoms with Gasteiger partial charge in [-0.15, -0.1) is 0 Å². The second-order valence-corrected chi connectivity index (χ2v) is 19.9. The quantitative estimate of drug-likeness (QED) is 0.105. The number of anilines is 2. The van der Waals surface area contributed by atoms with Crippen molar-refractivity contribution in [2.45, 2.75) is 89.8 Å². The third-order valence-corrected chi connectivity index (χ3v) is 14.6. The molecule has 6 aromatic rings. The molecule has 0 unspecified atom stereocenters. The summed E-state index contributed by atoms with van der Waals surface area (Å²) in [7, 11) is 2.27. The van der Waals surface area contributed by atoms with Crippen LogP contribution in [-0.4, -0.2) is 76.1 Å². The van der Waals surface area contributed by atoms with Crippen LogP contribution in [0, 0.1) is 35.3 Å². The van der Waals surface area contributed by atoms with Crippen molar-refractivity contribution >= 4 is 35.1 Å². The molecule has 18 nitrogen and oxygen atoms in total. The molecule has 0 radical (unpaired) electrons. The number of carbonyl (C=O) groups is 4. The number of methoxy groups -OCH3 is 1. The molecule has 0 fully saturated rings. The van der Waals surface area contributed by atoms with Crippen LogP contribution in [0.3, 0.4) is 0 Å². The molecular formula is C54H55F2LiN6O12. The van der Waals surface area contributed by atoms with Gasteiger partial charge in [0.15, 0.2) is 35.4 Å². The summed E-state index contributed by atoms with van der Waals surface area (Å²) in [4.78, 5) is 60.6. The molecule has 21 heteroatoms. The number of aromatic nitrogens is 2. The maximum Gasteiger partial charge on any atom is 1.00 e. The molecule has 75 heavy (non-hydrogen) atoms. The predicted octanol–water partition coefficient (Wildman–Crippen LogP) is 4.52. The molecular weight excluding hydrogens is 970 g/mol. The van der Waals surface area contributed by atoms with Gasteiger partial charge in [0.1, 0.15) is 46.0 Å². The molecule has 2 spiro atoms. The Morgan fingerprint density at radius 3 is 1.47 bits per heavy atom. The number of aliphatic hydroxyl groups is 1. The van der Waals surface area contributed by atoms with Crippen molar-refractivity contribution in [3.8, 4) is 11.5 Å². The van der Waals surface area contributed by atoms with Gasteiger partial charge in [-0.25, -0.2) is 28.3 Å². The fraction of sp³-hybridized carbons (Fsp3) is 0.370. The minimum Gasteiger partial charge on any atom is -0.870 e. The fourth-order valence-electron chi connectivity index (χ4n) is 11.1. The average Bonchev–Trinajstić information content (AvgIpc) is 4.21. The van der Waals surface area contributed by atoms with E-state index in [0.29, 0.717) is 58.0 Å². The molecule has 12 rings (SSSR count). The van der Waals surface area contributed by atoms with Crippen LogP contribution in [0.5, 0.6) is 11.5 Å². The molecule has 2 aromatic heterocycles. The largest absolute Gasteiger partial charge is 1.00 e. The molecule has 8 atom stereocenters. The number of ether oxygens (including phenoxy) is 3. The number of esters is 1. The molecule has 6 aliphatic rings. The first-order valence-corrected chi connectivity index (χ1v) is 24.1. The Morgan fingerprint density at radius 1 is 0.653 bits per heavy atom. The van der Waals surface area contributed by atoms with Crippen molar-refractivity contribution in [2.75, 3.05) is 24.9 Å². The second kappa shape index (κ2) is 20.1. The summed E-state index contributed by atoms with van der Waals surface area (Å²) in [6.45, 7) is 11.4. The molecule has 0 aliphatic carbocycles. The number of carboxylic acids is 1. The van der Waals surface area contributed by atoms with E-state index in [-0.39, 0.29) is 94.5 Å². The van der Waals surface area contributed by atoms with Gasteiger partial charge in [-0.05, 0) is 84.3 Å². The number of aliphatic hydroxyl groups excluding tert-OH is 1. The number of nitrogens with one attached hydrogen (secondary N) is 4. The summed E-state index contributed by atoms with van der Waals surface area (Å²) >= 11 is 0. The number of hydrogen-bond donors (Lipinski definition) is 6. The Labute approximate surface area is 441 Å². The van der Waals surface area contributed by atoms with Gasteiger partial charge in [0.05, 0.1) is 7.11 Å². The van der Waals surface area contributed by atoms with Crippen molar-refractivity contribution in [3.05, 3.63) is 153 Å². The van der Waals surface area contributed by atoms with E-state index < -0.39 is 58.9 Å². The molecule has 0 saturated heterocycles. The van der Waals surface area contributed by atoms with E-state index in [0.717, 1.165) is 18.2 Å². The van der Waals surface area contributed by atoms with Crippen molar-refractivity contribution in [1.82, 2.24) is 20.6 Å². The maximum absolute atomic E-state index is 14.7. The van der Waals surface area contributed by atoms with Gasteiger partial charge >= 0.3 is 30.8 Å². The first kappa shape index (κ1) is 54.0. The summed E-state index contributed by atoms with van der Waals surface area (Å²) in [5, 5.41) is 29.8. The number of benzene rings is 4. The molecule has 388 valence electrons. The van der Waals surface area contributed by atoms with Crippen LogP contribution >= 0.6 is 0 Å². The number of fused-ring (bicyclic) bond motifs is 8. The number of amides is 2. The Morgan fingerprint density at radius 2 is 1.07 bits per heavy atom. The van der Waals surface area contributed by atoms with E-state index in [4.69, 9.17) is 28.2 Å². The van der Waals surface area contributed by atoms with Crippen molar-refractivity contribution in [3.63, 3.8) is 0 Å². The van der Waals surface area contributed by atoms with E-state index in [1.807, 2.05) is 71.9 Å². The van der Waals surface area contributed by atoms with Crippen LogP contribution in [0.4, 0.5) is 20.2 Å². The minimum atomic E-state index is -1.28. The molecule has 8 bridgehead atoms. The van der Waals surface area contributed by atoms with Gasteiger partial charge in [0.25, 0.3) is 0 Å². The number of carboxylic acid groups (broad SMARTS) is 1. The monoisotopic (exact) mass is 1020 g/mol. The van der Waals surface area contributed by atoms with E-state index in [9.17, 15) is 33.1 Å². The van der Waals surface area contributed by atoms with Gasteiger partial charge < -0.3 is 60.0 Å². The van der Waals surface area contributed by atoms with E-state index >= 15 is 0 Å². The number of hydrogen-bond acceptors (Lipinski definition) is 15. The maximum atomic E-state index is 14.7. The number of aromatic carboxylic acids is 1. The third-order valence-electron chi connectivity index (χ3n) is 14.6. The fourth-order valence-corrected chi connectivity index (χ4v) is 11.1. The second-order valence-electron chi connectivity index (χ2n) is 19.9. The summed E-state index contributed by atoms with van der Waals surface area (Å²) in [6, 6.07) is 18.9. The zero-order chi connectivity index (χ0) is 52.0. The molecule has 0 saturated carbocycles. The summed E-state index contributed by atoms with van der Waals surface area (Å²) < 4.78 is 59.7. The van der Waals surface area contributed by atoms with E-state index in [1.165, 1.54) is 31.4 Å². The predicted molar refractivity (Wildman–Crippen MR) is 260 cm³/mol. The van der Waals surface area contributed by atoms with Gasteiger partial charge in [-0.3, -0.25) is 9.59 Å². The summed E-state index contributed by atoms with van der Waals surface area (Å²) in [5.74, 6) is -2.48. The number of rotatable bonds is 4. The molecule has 4 aromatic carbocycles. The van der Waals surface area contributed by atoms with Gasteiger partial charge in [-0.2, -0.15) is 0 Å². The number of halogens is 2. The molecule has 6 aliphatic heterocycles. The average molecular weight is 1030 g/mol. The van der Waals surface area contributed by atoms with Crippen LogP contribution in [0.15, 0.2) is 81.6 Å². The topological polar surface area (TPSA) is 267 Å². The zero-order valence-corrected chi connectivity index (χ0v) is 42.6. The Bertz CT molecular complexity index is 3250. The molecule has 8 heterocycles. The smallest absolute Gasteiger partial charge is 0.870 e. The van der Waals surface area contributed by atoms with Crippen LogP contribution in [0.25, 0.3) is 0 Å². The van der Waals surface area contributed by atoms with Crippen molar-refractivity contribution < 1.29 is 85.6 Å². The molecule has 2 amide bonds. The minimum absolute atomic E-state index is 0. The Kier molecular flexibility index (Phi) is 14.5.